The Bertz CT molecular complexity index is 411. The lowest BCUT2D eigenvalue weighted by Gasteiger charge is -2.13. The van der Waals surface area contributed by atoms with Crippen LogP contribution in [0.2, 0.25) is 0 Å². The van der Waals surface area contributed by atoms with Crippen LogP contribution in [0.15, 0.2) is 35.0 Å². The van der Waals surface area contributed by atoms with Gasteiger partial charge in [0.25, 0.3) is 0 Å². The second-order valence-corrected chi connectivity index (χ2v) is 4.83. The predicted molar refractivity (Wildman–Crippen MR) is 65.4 cm³/mol. The highest BCUT2D eigenvalue weighted by Gasteiger charge is 2.18. The number of fused-ring (bicyclic) bond motifs is 1. The van der Waals surface area contributed by atoms with Crippen molar-refractivity contribution in [1.82, 2.24) is 0 Å². The van der Waals surface area contributed by atoms with Gasteiger partial charge < -0.3 is 4.42 Å². The zero-order valence-electron chi connectivity index (χ0n) is 9.61. The maximum Gasteiger partial charge on any atom is 0.108 e. The zero-order valence-corrected chi connectivity index (χ0v) is 9.61. The summed E-state index contributed by atoms with van der Waals surface area (Å²) >= 11 is 0. The van der Waals surface area contributed by atoms with E-state index in [0.717, 1.165) is 12.8 Å². The first kappa shape index (κ1) is 9.95. The molecule has 84 valence electrons. The predicted octanol–water partition coefficient (Wildman–Crippen LogP) is 3.83. The van der Waals surface area contributed by atoms with Crippen molar-refractivity contribution in [2.24, 2.45) is 5.92 Å². The maximum absolute atomic E-state index is 5.75. The van der Waals surface area contributed by atoms with Crippen molar-refractivity contribution in [3.63, 3.8) is 0 Å². The van der Waals surface area contributed by atoms with Crippen LogP contribution in [-0.4, -0.2) is 0 Å². The van der Waals surface area contributed by atoms with E-state index >= 15 is 0 Å². The summed E-state index contributed by atoms with van der Waals surface area (Å²) in [6.45, 7) is 0. The normalized spacial score (nSPS) is 20.0. The lowest BCUT2D eigenvalue weighted by Crippen LogP contribution is -2.05. The molecule has 1 heterocycles. The summed E-state index contributed by atoms with van der Waals surface area (Å²) in [6.07, 6.45) is 18.3. The third-order valence-electron chi connectivity index (χ3n) is 3.65. The average Bonchev–Trinajstić information content (AvgIpc) is 2.74. The number of rotatable bonds is 2. The molecule has 1 aromatic heterocycles. The molecule has 0 saturated carbocycles. The van der Waals surface area contributed by atoms with E-state index in [2.05, 4.69) is 24.3 Å². The first-order valence-electron chi connectivity index (χ1n) is 6.35. The van der Waals surface area contributed by atoms with E-state index in [9.17, 15) is 0 Å². The summed E-state index contributed by atoms with van der Waals surface area (Å²) in [6, 6.07) is 0. The monoisotopic (exact) mass is 214 g/mol. The molecule has 0 aromatic carbocycles. The molecule has 0 bridgehead atoms. The van der Waals surface area contributed by atoms with Gasteiger partial charge >= 0.3 is 0 Å². The molecule has 3 rings (SSSR count). The van der Waals surface area contributed by atoms with Gasteiger partial charge in [0.05, 0.1) is 6.26 Å². The highest BCUT2D eigenvalue weighted by molar-refractivity contribution is 5.31. The summed E-state index contributed by atoms with van der Waals surface area (Å²) in [4.78, 5) is 0. The molecule has 0 amide bonds. The molecule has 0 atom stereocenters. The van der Waals surface area contributed by atoms with Crippen LogP contribution in [0.1, 0.15) is 36.1 Å². The van der Waals surface area contributed by atoms with Crippen LogP contribution >= 0.6 is 0 Å². The summed E-state index contributed by atoms with van der Waals surface area (Å²) in [7, 11) is 0. The molecule has 0 aliphatic heterocycles. The van der Waals surface area contributed by atoms with Crippen molar-refractivity contribution in [3.05, 3.63) is 47.5 Å². The Morgan fingerprint density at radius 3 is 2.81 bits per heavy atom. The zero-order chi connectivity index (χ0) is 10.8. The lowest BCUT2D eigenvalue weighted by molar-refractivity contribution is 0.489. The van der Waals surface area contributed by atoms with Crippen molar-refractivity contribution in [2.75, 3.05) is 0 Å². The molecule has 0 spiro atoms. The first-order valence-corrected chi connectivity index (χ1v) is 6.35. The Balaban J connectivity index is 1.79. The van der Waals surface area contributed by atoms with Crippen LogP contribution in [0.4, 0.5) is 0 Å². The summed E-state index contributed by atoms with van der Waals surface area (Å²) in [5.41, 5.74) is 2.98. The minimum Gasteiger partial charge on any atom is -0.469 e. The molecule has 0 radical (unpaired) electrons. The third kappa shape index (κ3) is 1.87. The van der Waals surface area contributed by atoms with Gasteiger partial charge in [-0.2, -0.15) is 0 Å². The number of hydrogen-bond donors (Lipinski definition) is 0. The van der Waals surface area contributed by atoms with E-state index in [-0.39, 0.29) is 0 Å². The Labute approximate surface area is 96.8 Å². The topological polar surface area (TPSA) is 13.1 Å². The molecular formula is C15H18O. The van der Waals surface area contributed by atoms with Crippen molar-refractivity contribution in [2.45, 2.75) is 38.5 Å². The molecule has 2 aliphatic carbocycles. The Morgan fingerprint density at radius 2 is 1.94 bits per heavy atom. The van der Waals surface area contributed by atoms with Gasteiger partial charge in [0.2, 0.25) is 0 Å². The Kier molecular flexibility index (Phi) is 2.69. The molecule has 16 heavy (non-hydrogen) atoms. The van der Waals surface area contributed by atoms with E-state index in [4.69, 9.17) is 4.42 Å². The van der Waals surface area contributed by atoms with Crippen LogP contribution in [-0.2, 0) is 19.3 Å². The van der Waals surface area contributed by atoms with Gasteiger partial charge in [-0.05, 0) is 43.2 Å². The van der Waals surface area contributed by atoms with Gasteiger partial charge in [0.15, 0.2) is 0 Å². The van der Waals surface area contributed by atoms with Gasteiger partial charge in [0.1, 0.15) is 5.76 Å². The number of furan rings is 1. The van der Waals surface area contributed by atoms with E-state index in [1.165, 1.54) is 42.6 Å². The van der Waals surface area contributed by atoms with Crippen molar-refractivity contribution in [3.8, 4) is 0 Å². The number of allylic oxidation sites excluding steroid dienone is 4. The second kappa shape index (κ2) is 4.32. The summed E-state index contributed by atoms with van der Waals surface area (Å²) in [5.74, 6) is 1.78. The van der Waals surface area contributed by atoms with E-state index < -0.39 is 0 Å². The van der Waals surface area contributed by atoms with Crippen molar-refractivity contribution < 1.29 is 4.42 Å². The quantitative estimate of drug-likeness (QED) is 0.682. The summed E-state index contributed by atoms with van der Waals surface area (Å²) in [5, 5.41) is 0. The number of hydrogen-bond acceptors (Lipinski definition) is 1. The molecule has 1 heteroatoms. The van der Waals surface area contributed by atoms with Crippen molar-refractivity contribution in [1.29, 1.82) is 0 Å². The van der Waals surface area contributed by atoms with Gasteiger partial charge in [-0.15, -0.1) is 0 Å². The van der Waals surface area contributed by atoms with Crippen LogP contribution in [0.5, 0.6) is 0 Å². The standard InChI is InChI=1S/C15H18O/c1-2-6-12(7-3-1)10-15-14-9-5-4-8-13(14)11-16-15/h2-3,6-7,11-12H,1,4-5,8-10H2. The molecule has 0 unspecified atom stereocenters. The van der Waals surface area contributed by atoms with Gasteiger partial charge in [-0.1, -0.05) is 24.3 Å². The maximum atomic E-state index is 5.75. The van der Waals surface area contributed by atoms with E-state index in [0.29, 0.717) is 5.92 Å². The van der Waals surface area contributed by atoms with Crippen LogP contribution in [0.25, 0.3) is 0 Å². The molecule has 2 aliphatic rings. The molecule has 0 fully saturated rings. The second-order valence-electron chi connectivity index (χ2n) is 4.83. The largest absolute Gasteiger partial charge is 0.469 e. The minimum absolute atomic E-state index is 0.547. The smallest absolute Gasteiger partial charge is 0.108 e. The Morgan fingerprint density at radius 1 is 1.12 bits per heavy atom. The van der Waals surface area contributed by atoms with Crippen LogP contribution in [0.3, 0.4) is 0 Å². The first-order chi connectivity index (χ1) is 7.93. The highest BCUT2D eigenvalue weighted by Crippen LogP contribution is 2.28. The average molecular weight is 214 g/mol. The van der Waals surface area contributed by atoms with Crippen LogP contribution < -0.4 is 0 Å². The molecule has 0 N–H and O–H groups in total. The molecule has 0 saturated heterocycles. The summed E-state index contributed by atoms with van der Waals surface area (Å²) < 4.78 is 5.75. The molecule has 1 nitrogen and oxygen atoms in total. The fourth-order valence-electron chi connectivity index (χ4n) is 2.76. The van der Waals surface area contributed by atoms with E-state index in [1.807, 2.05) is 6.26 Å². The third-order valence-corrected chi connectivity index (χ3v) is 3.65. The van der Waals surface area contributed by atoms with Crippen LogP contribution in [0, 0.1) is 5.92 Å². The highest BCUT2D eigenvalue weighted by atomic mass is 16.3. The Hall–Kier alpha value is -1.24. The van der Waals surface area contributed by atoms with E-state index in [1.54, 1.807) is 0 Å². The molecular weight excluding hydrogens is 196 g/mol. The fraction of sp³-hybridized carbons (Fsp3) is 0.467. The molecule has 1 aromatic rings. The van der Waals surface area contributed by atoms with Gasteiger partial charge in [-0.25, -0.2) is 0 Å². The van der Waals surface area contributed by atoms with Gasteiger partial charge in [0, 0.05) is 12.3 Å². The lowest BCUT2D eigenvalue weighted by atomic mass is 9.90. The SMILES string of the molecule is C1=CC(Cc2occ3c2CCCC3)C=CC1. The van der Waals surface area contributed by atoms with Gasteiger partial charge in [-0.3, -0.25) is 0 Å². The fourth-order valence-corrected chi connectivity index (χ4v) is 2.76. The van der Waals surface area contributed by atoms with Crippen molar-refractivity contribution >= 4 is 0 Å². The minimum atomic E-state index is 0.547. The number of aryl methyl sites for hydroxylation is 1.